The summed E-state index contributed by atoms with van der Waals surface area (Å²) in [4.78, 5) is -0.125. The molecule has 0 aliphatic heterocycles. The van der Waals surface area contributed by atoms with Crippen LogP contribution in [-0.2, 0) is 22.6 Å². The van der Waals surface area contributed by atoms with Gasteiger partial charge in [0.25, 0.3) is 0 Å². The first-order valence-electron chi connectivity index (χ1n) is 6.89. The molecule has 0 aromatic heterocycles. The molecule has 126 valence electrons. The number of nitrogens with zero attached hydrogens (tertiary/aromatic N) is 1. The first kappa shape index (κ1) is 18.0. The highest BCUT2D eigenvalue weighted by molar-refractivity contribution is 7.89. The van der Waals surface area contributed by atoms with Gasteiger partial charge in [0.2, 0.25) is 10.0 Å². The van der Waals surface area contributed by atoms with Crippen molar-refractivity contribution in [2.24, 2.45) is 0 Å². The third-order valence-corrected chi connectivity index (χ3v) is 4.80. The maximum atomic E-state index is 12.5. The number of sulfonamides is 1. The molecular weight excluding hydrogens is 341 g/mol. The number of halogens is 3. The Morgan fingerprint density at radius 3 is 2.25 bits per heavy atom. The third-order valence-electron chi connectivity index (χ3n) is 3.28. The quantitative estimate of drug-likeness (QED) is 0.897. The van der Waals surface area contributed by atoms with E-state index >= 15 is 0 Å². The molecule has 0 saturated heterocycles. The summed E-state index contributed by atoms with van der Waals surface area (Å²) in [6.07, 6.45) is -4.17. The lowest BCUT2D eigenvalue weighted by atomic mass is 10.1. The summed E-state index contributed by atoms with van der Waals surface area (Å²) in [6.45, 7) is 0.00740. The van der Waals surface area contributed by atoms with Gasteiger partial charge in [-0.2, -0.15) is 18.4 Å². The predicted molar refractivity (Wildman–Crippen MR) is 81.5 cm³/mol. The smallest absolute Gasteiger partial charge is 0.211 e. The van der Waals surface area contributed by atoms with Gasteiger partial charge in [0, 0.05) is 6.54 Å². The van der Waals surface area contributed by atoms with Crippen molar-refractivity contribution in [3.8, 4) is 6.07 Å². The summed E-state index contributed by atoms with van der Waals surface area (Å²) in [6, 6.07) is 12.1. The Hall–Kier alpha value is -2.37. The van der Waals surface area contributed by atoms with Crippen LogP contribution in [0.15, 0.2) is 53.4 Å². The van der Waals surface area contributed by atoms with Crippen molar-refractivity contribution in [1.82, 2.24) is 4.72 Å². The second-order valence-corrected chi connectivity index (χ2v) is 6.69. The summed E-state index contributed by atoms with van der Waals surface area (Å²) < 4.78 is 64.1. The average molecular weight is 354 g/mol. The van der Waals surface area contributed by atoms with Crippen LogP contribution >= 0.6 is 0 Å². The molecule has 0 heterocycles. The fourth-order valence-corrected chi connectivity index (χ4v) is 3.25. The van der Waals surface area contributed by atoms with E-state index in [2.05, 4.69) is 4.72 Å². The molecule has 0 aliphatic rings. The van der Waals surface area contributed by atoms with Crippen LogP contribution in [0.4, 0.5) is 13.2 Å². The molecule has 0 atom stereocenters. The number of nitrogens with one attached hydrogen (secondary N) is 1. The monoisotopic (exact) mass is 354 g/mol. The molecule has 24 heavy (non-hydrogen) atoms. The largest absolute Gasteiger partial charge is 0.416 e. The minimum absolute atomic E-state index is 0.00740. The third kappa shape index (κ3) is 4.34. The Morgan fingerprint density at radius 2 is 1.67 bits per heavy atom. The second-order valence-electron chi connectivity index (χ2n) is 4.95. The van der Waals surface area contributed by atoms with Gasteiger partial charge in [-0.15, -0.1) is 0 Å². The summed E-state index contributed by atoms with van der Waals surface area (Å²) in [5, 5.41) is 8.94. The lowest BCUT2D eigenvalue weighted by Crippen LogP contribution is -2.26. The number of hydrogen-bond donors (Lipinski definition) is 1. The van der Waals surface area contributed by atoms with Gasteiger partial charge in [-0.3, -0.25) is 0 Å². The molecule has 8 heteroatoms. The van der Waals surface area contributed by atoms with Gasteiger partial charge < -0.3 is 0 Å². The number of benzene rings is 2. The Morgan fingerprint density at radius 1 is 1.04 bits per heavy atom. The molecule has 0 aliphatic carbocycles. The van der Waals surface area contributed by atoms with Crippen molar-refractivity contribution in [1.29, 1.82) is 5.26 Å². The minimum atomic E-state index is -4.40. The van der Waals surface area contributed by atoms with Crippen molar-refractivity contribution in [2.45, 2.75) is 17.5 Å². The van der Waals surface area contributed by atoms with E-state index in [1.54, 1.807) is 12.1 Å². The van der Waals surface area contributed by atoms with Crippen LogP contribution in [0.3, 0.4) is 0 Å². The number of rotatable bonds is 5. The van der Waals surface area contributed by atoms with E-state index in [4.69, 9.17) is 5.26 Å². The highest BCUT2D eigenvalue weighted by Gasteiger charge is 2.29. The van der Waals surface area contributed by atoms with Crippen LogP contribution in [0.2, 0.25) is 0 Å². The molecule has 0 unspecified atom stereocenters. The molecule has 0 saturated carbocycles. The molecule has 0 spiro atoms. The SMILES string of the molecule is N#Cc1ccccc1S(=O)(=O)NCCc1ccc(C(F)(F)F)cc1. The molecule has 1 N–H and O–H groups in total. The highest BCUT2D eigenvalue weighted by atomic mass is 32.2. The Balaban J connectivity index is 2.02. The van der Waals surface area contributed by atoms with E-state index < -0.39 is 21.8 Å². The molecule has 0 radical (unpaired) electrons. The fraction of sp³-hybridized carbons (Fsp3) is 0.188. The molecule has 4 nitrogen and oxygen atoms in total. The van der Waals surface area contributed by atoms with Gasteiger partial charge in [0.15, 0.2) is 0 Å². The van der Waals surface area contributed by atoms with E-state index in [0.29, 0.717) is 5.56 Å². The average Bonchev–Trinajstić information content (AvgIpc) is 2.54. The van der Waals surface area contributed by atoms with Gasteiger partial charge in [-0.1, -0.05) is 24.3 Å². The maximum Gasteiger partial charge on any atom is 0.416 e. The van der Waals surface area contributed by atoms with Crippen LogP contribution in [0.5, 0.6) is 0 Å². The summed E-state index contributed by atoms with van der Waals surface area (Å²) in [5.41, 5.74) is -0.159. The van der Waals surface area contributed by atoms with Crippen molar-refractivity contribution < 1.29 is 21.6 Å². The van der Waals surface area contributed by atoms with Gasteiger partial charge in [-0.05, 0) is 36.2 Å². The van der Waals surface area contributed by atoms with Crippen molar-refractivity contribution in [3.05, 3.63) is 65.2 Å². The lowest BCUT2D eigenvalue weighted by Gasteiger charge is -2.09. The highest BCUT2D eigenvalue weighted by Crippen LogP contribution is 2.29. The maximum absolute atomic E-state index is 12.5. The zero-order chi connectivity index (χ0) is 17.8. The van der Waals surface area contributed by atoms with Crippen molar-refractivity contribution in [2.75, 3.05) is 6.54 Å². The molecule has 0 bridgehead atoms. The van der Waals surface area contributed by atoms with Crippen LogP contribution in [0, 0.1) is 11.3 Å². The molecule has 0 amide bonds. The summed E-state index contributed by atoms with van der Waals surface area (Å²) in [5.74, 6) is 0. The molecule has 2 aromatic rings. The fourth-order valence-electron chi connectivity index (χ4n) is 2.06. The summed E-state index contributed by atoms with van der Waals surface area (Å²) >= 11 is 0. The van der Waals surface area contributed by atoms with E-state index in [-0.39, 0.29) is 23.4 Å². The van der Waals surface area contributed by atoms with Gasteiger partial charge in [0.05, 0.1) is 16.0 Å². The van der Waals surface area contributed by atoms with Crippen molar-refractivity contribution >= 4 is 10.0 Å². The van der Waals surface area contributed by atoms with E-state index in [1.807, 2.05) is 0 Å². The first-order chi connectivity index (χ1) is 11.2. The number of nitriles is 1. The Labute approximate surface area is 137 Å². The van der Waals surface area contributed by atoms with Crippen LogP contribution in [-0.4, -0.2) is 15.0 Å². The van der Waals surface area contributed by atoms with Crippen LogP contribution in [0.1, 0.15) is 16.7 Å². The van der Waals surface area contributed by atoms with Gasteiger partial charge in [-0.25, -0.2) is 13.1 Å². The lowest BCUT2D eigenvalue weighted by molar-refractivity contribution is -0.137. The van der Waals surface area contributed by atoms with Gasteiger partial charge >= 0.3 is 6.18 Å². The van der Waals surface area contributed by atoms with E-state index in [1.165, 1.54) is 30.3 Å². The summed E-state index contributed by atoms with van der Waals surface area (Å²) in [7, 11) is -3.86. The topological polar surface area (TPSA) is 70.0 Å². The standard InChI is InChI=1S/C16H13F3N2O2S/c17-16(18,19)14-7-5-12(6-8-14)9-10-21-24(22,23)15-4-2-1-3-13(15)11-20/h1-8,21H,9-10H2. The van der Waals surface area contributed by atoms with Gasteiger partial charge in [0.1, 0.15) is 6.07 Å². The molecule has 2 aromatic carbocycles. The molecular formula is C16H13F3N2O2S. The zero-order valence-electron chi connectivity index (χ0n) is 12.3. The predicted octanol–water partition coefficient (Wildman–Crippen LogP) is 3.10. The van der Waals surface area contributed by atoms with Crippen LogP contribution in [0.25, 0.3) is 0 Å². The minimum Gasteiger partial charge on any atom is -0.211 e. The Bertz CT molecular complexity index is 854. The molecule has 2 rings (SSSR count). The van der Waals surface area contributed by atoms with E-state index in [0.717, 1.165) is 12.1 Å². The van der Waals surface area contributed by atoms with Crippen molar-refractivity contribution in [3.63, 3.8) is 0 Å². The zero-order valence-corrected chi connectivity index (χ0v) is 13.2. The Kier molecular flexibility index (Phi) is 5.26. The van der Waals surface area contributed by atoms with E-state index in [9.17, 15) is 21.6 Å². The number of alkyl halides is 3. The number of hydrogen-bond acceptors (Lipinski definition) is 3. The van der Waals surface area contributed by atoms with Crippen LogP contribution < -0.4 is 4.72 Å². The second kappa shape index (κ2) is 7.03. The first-order valence-corrected chi connectivity index (χ1v) is 8.37. The molecule has 0 fully saturated rings. The normalized spacial score (nSPS) is 11.9.